The summed E-state index contributed by atoms with van der Waals surface area (Å²) in [5.41, 5.74) is 0. The molecule has 1 aliphatic carbocycles. The number of aliphatic hydroxyl groups excluding tert-OH is 4. The van der Waals surface area contributed by atoms with Gasteiger partial charge in [-0.2, -0.15) is 0 Å². The number of rotatable bonds is 12. The minimum Gasteiger partial charge on any atom is -0.547 e. The Morgan fingerprint density at radius 1 is 0.867 bits per heavy atom. The SMILES string of the molecule is CC(C)[C@@H]1OC(C(=O)[O-])[C@@H](O[C@@H]2OC(C(=O)NCCNC(=O)CO[C@H]3CC/C=C/CCC3)[C@@H](C(C)C)[C@@H](O)C2O)[C@@H](O)C1O.[Na+]. The number of hydrogen-bond acceptors (Lipinski definition) is 12. The molecule has 2 fully saturated rings. The predicted octanol–water partition coefficient (Wildman–Crippen LogP) is -4.87. The second kappa shape index (κ2) is 19.0. The molecule has 45 heavy (non-hydrogen) atoms. The summed E-state index contributed by atoms with van der Waals surface area (Å²) in [4.78, 5) is 37.3. The molecule has 14 nitrogen and oxygen atoms in total. The van der Waals surface area contributed by atoms with Gasteiger partial charge >= 0.3 is 29.6 Å². The van der Waals surface area contributed by atoms with Crippen molar-refractivity contribution in [2.24, 2.45) is 17.8 Å². The molecule has 3 aliphatic rings. The van der Waals surface area contributed by atoms with Gasteiger partial charge in [-0.15, -0.1) is 0 Å². The molecule has 2 saturated heterocycles. The van der Waals surface area contributed by atoms with Crippen molar-refractivity contribution in [3.05, 3.63) is 12.2 Å². The smallest absolute Gasteiger partial charge is 0.547 e. The third-order valence-corrected chi connectivity index (χ3v) is 8.40. The minimum atomic E-state index is -1.83. The third-order valence-electron chi connectivity index (χ3n) is 8.40. The first-order valence-corrected chi connectivity index (χ1v) is 15.5. The van der Waals surface area contributed by atoms with Crippen LogP contribution in [0.3, 0.4) is 0 Å². The summed E-state index contributed by atoms with van der Waals surface area (Å²) in [5.74, 6) is -4.29. The van der Waals surface area contributed by atoms with Gasteiger partial charge < -0.3 is 59.9 Å². The summed E-state index contributed by atoms with van der Waals surface area (Å²) in [6, 6.07) is 0. The molecular weight excluding hydrogens is 603 g/mol. The van der Waals surface area contributed by atoms with Crippen LogP contribution < -0.4 is 45.3 Å². The van der Waals surface area contributed by atoms with Gasteiger partial charge in [0.05, 0.1) is 24.3 Å². The number of nitrogens with one attached hydrogen (secondary N) is 2. The van der Waals surface area contributed by atoms with Crippen molar-refractivity contribution < 1.29 is 88.4 Å². The van der Waals surface area contributed by atoms with Gasteiger partial charge in [-0.05, 0) is 43.9 Å². The van der Waals surface area contributed by atoms with E-state index in [0.29, 0.717) is 0 Å². The monoisotopic (exact) mass is 652 g/mol. The van der Waals surface area contributed by atoms with E-state index < -0.39 is 72.9 Å². The number of aliphatic carboxylic acids is 1. The number of carboxylic acid groups (broad SMARTS) is 1. The molecule has 0 saturated carbocycles. The molecule has 15 heteroatoms. The van der Waals surface area contributed by atoms with Crippen molar-refractivity contribution in [2.45, 2.75) is 121 Å². The zero-order valence-electron chi connectivity index (χ0n) is 26.9. The van der Waals surface area contributed by atoms with Crippen LogP contribution in [0.25, 0.3) is 0 Å². The Morgan fingerprint density at radius 3 is 2.18 bits per heavy atom. The zero-order valence-corrected chi connectivity index (χ0v) is 28.9. The minimum absolute atomic E-state index is 0. The number of amides is 2. The molecular formula is C30H49N2NaO12. The van der Waals surface area contributed by atoms with E-state index in [1.54, 1.807) is 27.7 Å². The first-order valence-electron chi connectivity index (χ1n) is 15.5. The Bertz CT molecular complexity index is 985. The number of carbonyl (C=O) groups is 3. The normalized spacial score (nSPS) is 36.4. The molecule has 252 valence electrons. The van der Waals surface area contributed by atoms with Gasteiger partial charge in [0.1, 0.15) is 43.2 Å². The Kier molecular flexibility index (Phi) is 16.9. The van der Waals surface area contributed by atoms with Crippen LogP contribution in [-0.2, 0) is 33.3 Å². The van der Waals surface area contributed by atoms with Gasteiger partial charge in [0.2, 0.25) is 11.8 Å². The maximum atomic E-state index is 13.2. The zero-order chi connectivity index (χ0) is 32.6. The van der Waals surface area contributed by atoms with Gasteiger partial charge in [-0.1, -0.05) is 39.8 Å². The summed E-state index contributed by atoms with van der Waals surface area (Å²) < 4.78 is 22.6. The number of ether oxygens (including phenoxy) is 4. The first-order chi connectivity index (χ1) is 20.8. The third kappa shape index (κ3) is 10.9. The quantitative estimate of drug-likeness (QED) is 0.0665. The van der Waals surface area contributed by atoms with E-state index in [2.05, 4.69) is 22.8 Å². The fraction of sp³-hybridized carbons (Fsp3) is 0.833. The van der Waals surface area contributed by atoms with E-state index in [4.69, 9.17) is 18.9 Å². The Morgan fingerprint density at radius 2 is 1.53 bits per heavy atom. The predicted molar refractivity (Wildman–Crippen MR) is 152 cm³/mol. The van der Waals surface area contributed by atoms with E-state index in [-0.39, 0.29) is 73.1 Å². The van der Waals surface area contributed by atoms with E-state index in [9.17, 15) is 39.9 Å². The average Bonchev–Trinajstić information content (AvgIpc) is 2.94. The topological polar surface area (TPSA) is 216 Å². The molecule has 2 amide bonds. The number of carbonyl (C=O) groups excluding carboxylic acids is 3. The number of aliphatic hydroxyl groups is 4. The summed E-state index contributed by atoms with van der Waals surface area (Å²) >= 11 is 0. The van der Waals surface area contributed by atoms with Crippen molar-refractivity contribution in [1.82, 2.24) is 10.6 Å². The number of carboxylic acids is 1. The van der Waals surface area contributed by atoms with Crippen LogP contribution in [0, 0.1) is 17.8 Å². The van der Waals surface area contributed by atoms with Gasteiger partial charge in [0, 0.05) is 19.0 Å². The molecule has 0 radical (unpaired) electrons. The summed E-state index contributed by atoms with van der Waals surface area (Å²) in [6.07, 6.45) is -5.33. The Labute approximate surface area is 286 Å². The molecule has 3 rings (SSSR count). The maximum Gasteiger partial charge on any atom is 1.00 e. The van der Waals surface area contributed by atoms with Crippen molar-refractivity contribution >= 4 is 17.8 Å². The van der Waals surface area contributed by atoms with E-state index in [1.807, 2.05) is 0 Å². The summed E-state index contributed by atoms with van der Waals surface area (Å²) in [5, 5.41) is 60.2. The fourth-order valence-electron chi connectivity index (χ4n) is 5.94. The molecule has 0 aromatic carbocycles. The molecule has 6 N–H and O–H groups in total. The van der Waals surface area contributed by atoms with Gasteiger partial charge in [-0.25, -0.2) is 0 Å². The van der Waals surface area contributed by atoms with Crippen molar-refractivity contribution in [3.63, 3.8) is 0 Å². The van der Waals surface area contributed by atoms with Crippen LogP contribution in [0.4, 0.5) is 0 Å². The van der Waals surface area contributed by atoms with Crippen molar-refractivity contribution in [1.29, 1.82) is 0 Å². The molecule has 0 aromatic heterocycles. The van der Waals surface area contributed by atoms with Crippen LogP contribution in [0.2, 0.25) is 0 Å². The largest absolute Gasteiger partial charge is 1.00 e. The first kappa shape index (κ1) is 40.0. The maximum absolute atomic E-state index is 13.2. The standard InChI is InChI=1S/C30H50N2O12.Na/c1-15(2)19-20(34)23(37)30(44-26-22(36)21(35)24(16(3)4)42-27(26)29(39)40)43-25(19)28(38)32-13-12-31-18(33)14-41-17-10-8-6-5-7-9-11-17;/h5-6,15-17,19-27,30,34-37H,7-14H2,1-4H3,(H,31,33)(H,32,38)(H,39,40);/q;+1/p-1/b6-5+;/t17-,19-,20+,21?,22-,23?,24-,25?,26-,27?,30-;/m0./s1. The second-order valence-corrected chi connectivity index (χ2v) is 12.4. The Balaban J connectivity index is 0.00000705. The van der Waals surface area contributed by atoms with Crippen LogP contribution in [0.1, 0.15) is 59.8 Å². The van der Waals surface area contributed by atoms with E-state index in [1.165, 1.54) is 0 Å². The van der Waals surface area contributed by atoms with E-state index >= 15 is 0 Å². The van der Waals surface area contributed by atoms with Crippen LogP contribution in [-0.4, -0.2) is 119 Å². The van der Waals surface area contributed by atoms with Crippen molar-refractivity contribution in [3.8, 4) is 0 Å². The fourth-order valence-corrected chi connectivity index (χ4v) is 5.94. The van der Waals surface area contributed by atoms with Gasteiger partial charge in [-0.3, -0.25) is 9.59 Å². The van der Waals surface area contributed by atoms with Crippen LogP contribution in [0.5, 0.6) is 0 Å². The average molecular weight is 653 g/mol. The molecule has 11 atom stereocenters. The second-order valence-electron chi connectivity index (χ2n) is 12.4. The Hall–Kier alpha value is -1.17. The number of hydrogen-bond donors (Lipinski definition) is 6. The van der Waals surface area contributed by atoms with Gasteiger partial charge in [0.15, 0.2) is 6.29 Å². The molecule has 2 aliphatic heterocycles. The number of allylic oxidation sites excluding steroid dienone is 2. The molecule has 0 aromatic rings. The molecule has 2 heterocycles. The van der Waals surface area contributed by atoms with Gasteiger partial charge in [0.25, 0.3) is 0 Å². The summed E-state index contributed by atoms with van der Waals surface area (Å²) in [7, 11) is 0. The van der Waals surface area contributed by atoms with Crippen molar-refractivity contribution in [2.75, 3.05) is 19.7 Å². The van der Waals surface area contributed by atoms with E-state index in [0.717, 1.165) is 32.1 Å². The molecule has 0 bridgehead atoms. The van der Waals surface area contributed by atoms with Crippen LogP contribution in [0.15, 0.2) is 12.2 Å². The summed E-state index contributed by atoms with van der Waals surface area (Å²) in [6.45, 7) is 6.83. The van der Waals surface area contributed by atoms with Crippen LogP contribution >= 0.6 is 0 Å². The molecule has 0 spiro atoms. The molecule has 4 unspecified atom stereocenters.